The van der Waals surface area contributed by atoms with Crippen molar-refractivity contribution in [2.45, 2.75) is 69.2 Å². The van der Waals surface area contributed by atoms with Crippen molar-refractivity contribution in [3.8, 4) is 0 Å². The molecule has 3 saturated heterocycles. The monoisotopic (exact) mass is 398 g/mol. The van der Waals surface area contributed by atoms with Crippen molar-refractivity contribution in [2.75, 3.05) is 13.2 Å². The molecule has 2 bridgehead atoms. The zero-order chi connectivity index (χ0) is 20.1. The maximum atomic E-state index is 13.5. The number of aliphatic hydroxyl groups is 1. The van der Waals surface area contributed by atoms with Gasteiger partial charge in [0.25, 0.3) is 0 Å². The van der Waals surface area contributed by atoms with Gasteiger partial charge in [-0.15, -0.1) is 11.8 Å². The summed E-state index contributed by atoms with van der Waals surface area (Å²) < 4.78 is 4.63. The number of likely N-dealkylation sites (tertiary alicyclic amines) is 1. The average Bonchev–Trinajstić information content (AvgIpc) is 3.17. The average molecular weight is 399 g/mol. The van der Waals surface area contributed by atoms with Crippen molar-refractivity contribution in [3.63, 3.8) is 0 Å². The Kier molecular flexibility index (Phi) is 5.51. The minimum absolute atomic E-state index is 0.00562. The molecule has 27 heavy (non-hydrogen) atoms. The Morgan fingerprint density at radius 3 is 2.63 bits per heavy atom. The quantitative estimate of drug-likeness (QED) is 0.643. The summed E-state index contributed by atoms with van der Waals surface area (Å²) in [4.78, 5) is 40.8. The topological polar surface area (TPSA) is 95.9 Å². The molecule has 3 aliphatic rings. The Hall–Kier alpha value is -1.28. The molecule has 152 valence electrons. The van der Waals surface area contributed by atoms with Gasteiger partial charge in [0.2, 0.25) is 11.8 Å². The smallest absolute Gasteiger partial charge is 0.310 e. The third-order valence-electron chi connectivity index (χ3n) is 6.16. The molecule has 3 heterocycles. The van der Waals surface area contributed by atoms with Gasteiger partial charge in [0.05, 0.1) is 35.8 Å². The molecule has 0 aromatic heterocycles. The van der Waals surface area contributed by atoms with E-state index in [1.165, 1.54) is 4.90 Å². The first-order valence-corrected chi connectivity index (χ1v) is 10.7. The fraction of sp³-hybridized carbons (Fsp3) is 0.842. The third kappa shape index (κ3) is 2.87. The summed E-state index contributed by atoms with van der Waals surface area (Å²) in [6, 6.07) is -1.24. The van der Waals surface area contributed by atoms with E-state index in [-0.39, 0.29) is 48.2 Å². The standard InChI is InChI=1S/C19H30N2O5S/c1-6-26-18(25)13-12-7-10(4)19(27-12)14(13)17(24)21(11(5)8-22)15(19)16(23)20-9(2)3/h9-15,22H,6-8H2,1-5H3,(H,20,23)/t10?,11-,12-,13+,14+,15?,19?/m1/s1. The molecule has 8 heteroatoms. The second kappa shape index (κ2) is 7.28. The lowest BCUT2D eigenvalue weighted by molar-refractivity contribution is -0.154. The highest BCUT2D eigenvalue weighted by Gasteiger charge is 2.76. The molecule has 0 saturated carbocycles. The van der Waals surface area contributed by atoms with Crippen LogP contribution in [0.4, 0.5) is 0 Å². The summed E-state index contributed by atoms with van der Waals surface area (Å²) in [5.74, 6) is -1.74. The largest absolute Gasteiger partial charge is 0.466 e. The van der Waals surface area contributed by atoms with E-state index in [4.69, 9.17) is 4.74 Å². The fourth-order valence-electron chi connectivity index (χ4n) is 5.19. The van der Waals surface area contributed by atoms with Crippen LogP contribution < -0.4 is 5.32 Å². The first-order valence-electron chi connectivity index (χ1n) is 9.78. The number of aliphatic hydroxyl groups excluding tert-OH is 1. The Balaban J connectivity index is 2.07. The number of fused-ring (bicyclic) bond motifs is 1. The van der Waals surface area contributed by atoms with Gasteiger partial charge in [-0.1, -0.05) is 6.92 Å². The van der Waals surface area contributed by atoms with E-state index in [0.29, 0.717) is 0 Å². The lowest BCUT2D eigenvalue weighted by Gasteiger charge is -2.39. The summed E-state index contributed by atoms with van der Waals surface area (Å²) in [6.07, 6.45) is 0.782. The molecule has 7 atom stereocenters. The van der Waals surface area contributed by atoms with Crippen LogP contribution in [0, 0.1) is 17.8 Å². The van der Waals surface area contributed by atoms with Crippen LogP contribution >= 0.6 is 11.8 Å². The summed E-state index contributed by atoms with van der Waals surface area (Å²) >= 11 is 1.61. The van der Waals surface area contributed by atoms with Gasteiger partial charge in [0.1, 0.15) is 6.04 Å². The summed E-state index contributed by atoms with van der Waals surface area (Å²) in [5.41, 5.74) is 0. The number of ether oxygens (including phenoxy) is 1. The van der Waals surface area contributed by atoms with Crippen LogP contribution in [0.15, 0.2) is 0 Å². The number of esters is 1. The number of hydrogen-bond acceptors (Lipinski definition) is 6. The van der Waals surface area contributed by atoms with Crippen LogP contribution in [0.5, 0.6) is 0 Å². The Labute approximate surface area is 164 Å². The molecule has 3 unspecified atom stereocenters. The van der Waals surface area contributed by atoms with E-state index in [9.17, 15) is 19.5 Å². The van der Waals surface area contributed by atoms with E-state index < -0.39 is 28.7 Å². The van der Waals surface area contributed by atoms with E-state index in [1.807, 2.05) is 13.8 Å². The number of hydrogen-bond donors (Lipinski definition) is 2. The Bertz CT molecular complexity index is 642. The zero-order valence-corrected chi connectivity index (χ0v) is 17.4. The molecule has 2 amide bonds. The van der Waals surface area contributed by atoms with Crippen LogP contribution in [-0.2, 0) is 19.1 Å². The Morgan fingerprint density at radius 2 is 2.07 bits per heavy atom. The summed E-state index contributed by atoms with van der Waals surface area (Å²) in [6.45, 7) is 9.37. The second-order valence-electron chi connectivity index (χ2n) is 8.25. The minimum Gasteiger partial charge on any atom is -0.466 e. The molecule has 0 aromatic rings. The highest BCUT2D eigenvalue weighted by atomic mass is 32.2. The van der Waals surface area contributed by atoms with Crippen molar-refractivity contribution >= 4 is 29.5 Å². The minimum atomic E-state index is -0.691. The van der Waals surface area contributed by atoms with Crippen LogP contribution in [0.3, 0.4) is 0 Å². The maximum Gasteiger partial charge on any atom is 0.310 e. The van der Waals surface area contributed by atoms with E-state index >= 15 is 0 Å². The number of thioether (sulfide) groups is 1. The highest BCUT2D eigenvalue weighted by Crippen LogP contribution is 2.68. The molecule has 3 rings (SSSR count). The van der Waals surface area contributed by atoms with Crippen LogP contribution in [0.2, 0.25) is 0 Å². The molecular weight excluding hydrogens is 368 g/mol. The molecule has 0 aromatic carbocycles. The van der Waals surface area contributed by atoms with Crippen molar-refractivity contribution in [1.82, 2.24) is 10.2 Å². The molecule has 1 spiro atoms. The fourth-order valence-corrected chi connectivity index (χ4v) is 7.59. The number of amides is 2. The van der Waals surface area contributed by atoms with Gasteiger partial charge in [-0.05, 0) is 40.0 Å². The summed E-state index contributed by atoms with van der Waals surface area (Å²) in [7, 11) is 0. The molecule has 3 aliphatic heterocycles. The van der Waals surface area contributed by atoms with Gasteiger partial charge in [0.15, 0.2) is 0 Å². The molecule has 0 radical (unpaired) electrons. The van der Waals surface area contributed by atoms with E-state index in [1.54, 1.807) is 25.6 Å². The van der Waals surface area contributed by atoms with Gasteiger partial charge >= 0.3 is 5.97 Å². The van der Waals surface area contributed by atoms with Gasteiger partial charge in [0, 0.05) is 11.3 Å². The van der Waals surface area contributed by atoms with Crippen molar-refractivity contribution in [3.05, 3.63) is 0 Å². The van der Waals surface area contributed by atoms with Crippen LogP contribution in [0.25, 0.3) is 0 Å². The van der Waals surface area contributed by atoms with Gasteiger partial charge in [-0.2, -0.15) is 0 Å². The number of nitrogens with zero attached hydrogens (tertiary/aromatic N) is 1. The zero-order valence-electron chi connectivity index (χ0n) is 16.6. The van der Waals surface area contributed by atoms with Crippen LogP contribution in [0.1, 0.15) is 41.0 Å². The molecule has 7 nitrogen and oxygen atoms in total. The lowest BCUT2D eigenvalue weighted by atomic mass is 9.66. The number of rotatable bonds is 6. The number of nitrogens with one attached hydrogen (secondary N) is 1. The van der Waals surface area contributed by atoms with Gasteiger partial charge in [-0.25, -0.2) is 0 Å². The van der Waals surface area contributed by atoms with Crippen molar-refractivity contribution in [2.24, 2.45) is 17.8 Å². The van der Waals surface area contributed by atoms with Gasteiger partial charge in [-0.3, -0.25) is 14.4 Å². The Morgan fingerprint density at radius 1 is 1.41 bits per heavy atom. The van der Waals surface area contributed by atoms with Crippen LogP contribution in [-0.4, -0.2) is 69.1 Å². The van der Waals surface area contributed by atoms with Gasteiger partial charge < -0.3 is 20.1 Å². The molecular formula is C19H30N2O5S. The van der Waals surface area contributed by atoms with Crippen molar-refractivity contribution < 1.29 is 24.2 Å². The van der Waals surface area contributed by atoms with Crippen molar-refractivity contribution in [1.29, 1.82) is 0 Å². The second-order valence-corrected chi connectivity index (χ2v) is 9.79. The molecule has 0 aliphatic carbocycles. The third-order valence-corrected chi connectivity index (χ3v) is 8.24. The first-order chi connectivity index (χ1) is 12.7. The summed E-state index contributed by atoms with van der Waals surface area (Å²) in [5, 5.41) is 12.7. The first kappa shape index (κ1) is 20.5. The number of carbonyl (C=O) groups is 3. The molecule has 3 fully saturated rings. The predicted molar refractivity (Wildman–Crippen MR) is 102 cm³/mol. The lowest BCUT2D eigenvalue weighted by Crippen LogP contribution is -2.58. The van der Waals surface area contributed by atoms with E-state index in [0.717, 1.165) is 6.42 Å². The van der Waals surface area contributed by atoms with E-state index in [2.05, 4.69) is 12.2 Å². The molecule has 2 N–H and O–H groups in total. The normalized spacial score (nSPS) is 38.3. The predicted octanol–water partition coefficient (Wildman–Crippen LogP) is 0.792. The SMILES string of the molecule is CCOC(=O)[C@@H]1[C@H]2C(=O)N([C@H](C)CO)C(C(=O)NC(C)C)C23S[C@@H]1CC3C. The highest BCUT2D eigenvalue weighted by molar-refractivity contribution is 8.02. The maximum absolute atomic E-state index is 13.5. The number of carbonyl (C=O) groups excluding carboxylic acids is 3.